The molecule has 10 heteroatoms. The number of rotatable bonds is 2. The lowest BCUT2D eigenvalue weighted by Gasteiger charge is -2.50. The van der Waals surface area contributed by atoms with E-state index in [2.05, 4.69) is 0 Å². The predicted octanol–water partition coefficient (Wildman–Crippen LogP) is 0.263. The van der Waals surface area contributed by atoms with E-state index in [0.29, 0.717) is 0 Å². The second-order valence-electron chi connectivity index (χ2n) is 7.92. The Morgan fingerprint density at radius 2 is 1.15 bits per heavy atom. The summed E-state index contributed by atoms with van der Waals surface area (Å²) < 4.78 is 0. The van der Waals surface area contributed by atoms with Crippen LogP contribution in [-0.4, -0.2) is 46.2 Å². The zero-order chi connectivity index (χ0) is 21.1. The average Bonchev–Trinajstić information content (AvgIpc) is 2.45. The first kappa shape index (κ1) is 23.8. The molecule has 0 radical (unpaired) electrons. The fourth-order valence-corrected chi connectivity index (χ4v) is 2.59. The van der Waals surface area contributed by atoms with Crippen molar-refractivity contribution in [3.8, 4) is 0 Å². The molecular weight excluding hydrogens is 344 g/mol. The number of carbonyl (C=O) groups excluding carboxylic acids is 4. The topological polar surface area (TPSA) is 145 Å². The van der Waals surface area contributed by atoms with Crippen LogP contribution in [0.5, 0.6) is 0 Å². The number of hydroxylamine groups is 2. The normalized spacial score (nSPS) is 12.2. The van der Waals surface area contributed by atoms with Crippen LogP contribution in [0.2, 0.25) is 0 Å². The molecule has 2 amide bonds. The van der Waals surface area contributed by atoms with Gasteiger partial charge in [-0.15, -0.1) is 0 Å². The maximum atomic E-state index is 13.3. The van der Waals surface area contributed by atoms with Crippen LogP contribution in [0, 0.1) is 10.8 Å². The molecule has 0 aliphatic carbocycles. The molecular formula is C16H30N4O6. The maximum Gasteiger partial charge on any atom is 0.332 e. The van der Waals surface area contributed by atoms with E-state index in [1.165, 1.54) is 0 Å². The highest BCUT2D eigenvalue weighted by Gasteiger charge is 2.57. The summed E-state index contributed by atoms with van der Waals surface area (Å²) in [6.07, 6.45) is 0. The van der Waals surface area contributed by atoms with Gasteiger partial charge in [-0.3, -0.25) is 9.59 Å². The third-order valence-electron chi connectivity index (χ3n) is 3.86. The molecule has 0 heterocycles. The van der Waals surface area contributed by atoms with Crippen LogP contribution >= 0.6 is 0 Å². The van der Waals surface area contributed by atoms with Gasteiger partial charge in [0.05, 0.1) is 6.54 Å². The van der Waals surface area contributed by atoms with Gasteiger partial charge in [-0.1, -0.05) is 41.5 Å². The number of nitrogens with two attached hydrogens (primary N) is 2. The van der Waals surface area contributed by atoms with Crippen molar-refractivity contribution in [3.63, 3.8) is 0 Å². The van der Waals surface area contributed by atoms with Gasteiger partial charge in [0.15, 0.2) is 0 Å². The van der Waals surface area contributed by atoms with Crippen molar-refractivity contribution in [2.75, 3.05) is 6.54 Å². The molecule has 0 aromatic rings. The Morgan fingerprint density at radius 3 is 1.42 bits per heavy atom. The van der Waals surface area contributed by atoms with Gasteiger partial charge in [0, 0.05) is 13.8 Å². The van der Waals surface area contributed by atoms with E-state index in [1.54, 1.807) is 41.5 Å². The molecule has 150 valence electrons. The Bertz CT molecular complexity index is 562. The molecule has 0 aliphatic rings. The van der Waals surface area contributed by atoms with Gasteiger partial charge in [0.2, 0.25) is 0 Å². The van der Waals surface area contributed by atoms with E-state index in [0.717, 1.165) is 13.8 Å². The Morgan fingerprint density at radius 1 is 0.808 bits per heavy atom. The Labute approximate surface area is 153 Å². The Kier molecular flexibility index (Phi) is 7.32. The highest BCUT2D eigenvalue weighted by atomic mass is 16.9. The van der Waals surface area contributed by atoms with Crippen molar-refractivity contribution < 1.29 is 28.9 Å². The SMILES string of the molecule is CC(=O)ON(C(=O)CN)N(OC(C)=O)C(=O)C(N)(C(C)(C)C)C(C)(C)C. The van der Waals surface area contributed by atoms with Gasteiger partial charge < -0.3 is 21.1 Å². The summed E-state index contributed by atoms with van der Waals surface area (Å²) in [6, 6.07) is 0. The lowest BCUT2D eigenvalue weighted by molar-refractivity contribution is -0.337. The van der Waals surface area contributed by atoms with Crippen LogP contribution in [0.25, 0.3) is 0 Å². The first-order valence-electron chi connectivity index (χ1n) is 8.04. The van der Waals surface area contributed by atoms with E-state index >= 15 is 0 Å². The van der Waals surface area contributed by atoms with Crippen molar-refractivity contribution in [2.45, 2.75) is 60.9 Å². The minimum absolute atomic E-state index is 0.213. The molecule has 0 saturated carbocycles. The van der Waals surface area contributed by atoms with Crippen molar-refractivity contribution in [3.05, 3.63) is 0 Å². The molecule has 0 bridgehead atoms. The van der Waals surface area contributed by atoms with Gasteiger partial charge in [-0.2, -0.15) is 0 Å². The van der Waals surface area contributed by atoms with Crippen molar-refractivity contribution in [1.82, 2.24) is 10.3 Å². The fourth-order valence-electron chi connectivity index (χ4n) is 2.59. The van der Waals surface area contributed by atoms with E-state index in [1.807, 2.05) is 0 Å². The summed E-state index contributed by atoms with van der Waals surface area (Å²) in [5, 5.41) is 0.473. The number of nitrogens with zero attached hydrogens (tertiary/aromatic N) is 2. The van der Waals surface area contributed by atoms with Crippen LogP contribution in [0.1, 0.15) is 55.4 Å². The van der Waals surface area contributed by atoms with Crippen LogP contribution in [0.4, 0.5) is 0 Å². The Hall–Kier alpha value is -2.20. The summed E-state index contributed by atoms with van der Waals surface area (Å²) in [4.78, 5) is 57.9. The van der Waals surface area contributed by atoms with Gasteiger partial charge in [-0.25, -0.2) is 9.59 Å². The quantitative estimate of drug-likeness (QED) is 0.655. The minimum atomic E-state index is -1.62. The average molecular weight is 374 g/mol. The fraction of sp³-hybridized carbons (Fsp3) is 0.750. The smallest absolute Gasteiger partial charge is 0.322 e. The monoisotopic (exact) mass is 374 g/mol. The number of amides is 2. The zero-order valence-electron chi connectivity index (χ0n) is 16.7. The second kappa shape index (κ2) is 8.00. The second-order valence-corrected chi connectivity index (χ2v) is 7.92. The first-order chi connectivity index (χ1) is 11.5. The molecule has 0 unspecified atom stereocenters. The van der Waals surface area contributed by atoms with E-state index < -0.39 is 46.7 Å². The molecule has 4 N–H and O–H groups in total. The largest absolute Gasteiger partial charge is 0.332 e. The summed E-state index contributed by atoms with van der Waals surface area (Å²) in [5.74, 6) is -3.79. The van der Waals surface area contributed by atoms with Crippen molar-refractivity contribution >= 4 is 23.8 Å². The summed E-state index contributed by atoms with van der Waals surface area (Å²) >= 11 is 0. The van der Waals surface area contributed by atoms with E-state index in [9.17, 15) is 19.2 Å². The van der Waals surface area contributed by atoms with E-state index in [4.69, 9.17) is 21.1 Å². The molecule has 0 saturated heterocycles. The highest BCUT2D eigenvalue weighted by Crippen LogP contribution is 2.43. The molecule has 0 fully saturated rings. The molecule has 0 aromatic heterocycles. The van der Waals surface area contributed by atoms with Crippen LogP contribution in [0.15, 0.2) is 0 Å². The molecule has 0 rings (SSSR count). The molecule has 0 aromatic carbocycles. The third-order valence-corrected chi connectivity index (χ3v) is 3.86. The number of hydrogen-bond acceptors (Lipinski definition) is 8. The van der Waals surface area contributed by atoms with Gasteiger partial charge in [0.25, 0.3) is 5.91 Å². The first-order valence-corrected chi connectivity index (χ1v) is 8.04. The minimum Gasteiger partial charge on any atom is -0.322 e. The predicted molar refractivity (Wildman–Crippen MR) is 92.1 cm³/mol. The summed E-state index contributed by atoms with van der Waals surface area (Å²) in [5.41, 5.74) is 8.52. The number of hydrazine groups is 1. The number of carbonyl (C=O) groups is 4. The highest BCUT2D eigenvalue weighted by molar-refractivity contribution is 5.90. The number of hydrogen-bond donors (Lipinski definition) is 2. The molecule has 10 nitrogen and oxygen atoms in total. The van der Waals surface area contributed by atoms with Crippen LogP contribution in [0.3, 0.4) is 0 Å². The van der Waals surface area contributed by atoms with Crippen LogP contribution in [-0.2, 0) is 28.9 Å². The lowest BCUT2D eigenvalue weighted by Crippen LogP contribution is -2.71. The Balaban J connectivity index is 6.43. The molecule has 0 spiro atoms. The molecule has 0 aliphatic heterocycles. The van der Waals surface area contributed by atoms with Gasteiger partial charge >= 0.3 is 17.8 Å². The van der Waals surface area contributed by atoms with Gasteiger partial charge in [-0.05, 0) is 21.2 Å². The van der Waals surface area contributed by atoms with Crippen molar-refractivity contribution in [1.29, 1.82) is 0 Å². The lowest BCUT2D eigenvalue weighted by atomic mass is 9.60. The summed E-state index contributed by atoms with van der Waals surface area (Å²) in [7, 11) is 0. The van der Waals surface area contributed by atoms with Gasteiger partial charge in [0.1, 0.15) is 5.54 Å². The molecule has 0 atom stereocenters. The molecule has 26 heavy (non-hydrogen) atoms. The maximum absolute atomic E-state index is 13.3. The third kappa shape index (κ3) is 4.92. The van der Waals surface area contributed by atoms with Crippen LogP contribution < -0.4 is 11.5 Å². The van der Waals surface area contributed by atoms with Crippen molar-refractivity contribution in [2.24, 2.45) is 22.3 Å². The zero-order valence-corrected chi connectivity index (χ0v) is 16.7. The van der Waals surface area contributed by atoms with E-state index in [-0.39, 0.29) is 10.3 Å². The standard InChI is InChI=1S/C16H30N4O6/c1-10(21)25-19(12(23)9-17)20(26-11(2)22)13(24)16(18,14(3,4)5)15(6,7)8/h9,17-18H2,1-8H3. The summed E-state index contributed by atoms with van der Waals surface area (Å²) in [6.45, 7) is 11.8.